The normalized spacial score (nSPS) is 10.3. The van der Waals surface area contributed by atoms with E-state index in [2.05, 4.69) is 20.6 Å². The van der Waals surface area contributed by atoms with Gasteiger partial charge in [0.15, 0.2) is 0 Å². The summed E-state index contributed by atoms with van der Waals surface area (Å²) in [6, 6.07) is 8.90. The first kappa shape index (κ1) is 17.7. The van der Waals surface area contributed by atoms with Crippen molar-refractivity contribution in [1.29, 1.82) is 0 Å². The summed E-state index contributed by atoms with van der Waals surface area (Å²) in [4.78, 5) is 20.4. The molecular weight excluding hydrogens is 308 g/mol. The molecule has 2 N–H and O–H groups in total. The van der Waals surface area contributed by atoms with Gasteiger partial charge in [-0.2, -0.15) is 4.98 Å². The van der Waals surface area contributed by atoms with Crippen LogP contribution in [-0.2, 0) is 9.47 Å². The molecule has 7 nitrogen and oxygen atoms in total. The van der Waals surface area contributed by atoms with E-state index in [0.717, 1.165) is 24.3 Å². The monoisotopic (exact) mass is 330 g/mol. The number of anilines is 3. The molecule has 0 radical (unpaired) electrons. The second-order valence-electron chi connectivity index (χ2n) is 5.19. The second kappa shape index (κ2) is 8.83. The molecule has 0 aliphatic carbocycles. The largest absolute Gasteiger partial charge is 0.465 e. The topological polar surface area (TPSA) is 85.4 Å². The lowest BCUT2D eigenvalue weighted by atomic mass is 10.2. The molecule has 0 spiro atoms. The van der Waals surface area contributed by atoms with Crippen LogP contribution in [0.4, 0.5) is 17.5 Å². The highest BCUT2D eigenvalue weighted by Crippen LogP contribution is 2.18. The van der Waals surface area contributed by atoms with Gasteiger partial charge < -0.3 is 20.1 Å². The molecule has 0 fully saturated rings. The van der Waals surface area contributed by atoms with E-state index in [1.165, 1.54) is 7.11 Å². The Bertz CT molecular complexity index is 691. The number of hydrogen-bond donors (Lipinski definition) is 2. The number of benzene rings is 1. The molecule has 2 rings (SSSR count). The first-order chi connectivity index (χ1) is 11.6. The van der Waals surface area contributed by atoms with Crippen molar-refractivity contribution in [3.05, 3.63) is 41.6 Å². The number of aromatic nitrogens is 2. The molecule has 0 aliphatic rings. The van der Waals surface area contributed by atoms with Gasteiger partial charge >= 0.3 is 5.97 Å². The first-order valence-electron chi connectivity index (χ1n) is 7.66. The molecule has 0 aliphatic heterocycles. The molecule has 1 heterocycles. The molecule has 0 saturated carbocycles. The van der Waals surface area contributed by atoms with Crippen LogP contribution in [0.15, 0.2) is 30.3 Å². The van der Waals surface area contributed by atoms with Gasteiger partial charge in [0.2, 0.25) is 5.95 Å². The van der Waals surface area contributed by atoms with E-state index in [4.69, 9.17) is 9.47 Å². The maximum atomic E-state index is 11.6. The van der Waals surface area contributed by atoms with Crippen molar-refractivity contribution < 1.29 is 14.3 Å². The molecule has 24 heavy (non-hydrogen) atoms. The fourth-order valence-corrected chi connectivity index (χ4v) is 2.12. The van der Waals surface area contributed by atoms with E-state index in [1.807, 2.05) is 19.1 Å². The van der Waals surface area contributed by atoms with Gasteiger partial charge in [0, 0.05) is 37.7 Å². The van der Waals surface area contributed by atoms with Gasteiger partial charge in [-0.3, -0.25) is 0 Å². The van der Waals surface area contributed by atoms with Gasteiger partial charge in [-0.25, -0.2) is 9.78 Å². The zero-order valence-electron chi connectivity index (χ0n) is 14.1. The quantitative estimate of drug-likeness (QED) is 0.568. The number of carbonyl (C=O) groups is 1. The van der Waals surface area contributed by atoms with Crippen molar-refractivity contribution in [2.24, 2.45) is 0 Å². The van der Waals surface area contributed by atoms with Gasteiger partial charge in [-0.05, 0) is 31.5 Å². The van der Waals surface area contributed by atoms with Crippen molar-refractivity contribution in [1.82, 2.24) is 9.97 Å². The number of nitrogens with zero attached hydrogens (tertiary/aromatic N) is 2. The Morgan fingerprint density at radius 1 is 1.21 bits per heavy atom. The minimum atomic E-state index is -0.377. The van der Waals surface area contributed by atoms with Crippen LogP contribution in [0, 0.1) is 6.92 Å². The van der Waals surface area contributed by atoms with Crippen molar-refractivity contribution in [3.8, 4) is 0 Å². The minimum absolute atomic E-state index is 0.377. The lowest BCUT2D eigenvalue weighted by molar-refractivity contribution is 0.0601. The molecule has 2 aromatic rings. The second-order valence-corrected chi connectivity index (χ2v) is 5.19. The summed E-state index contributed by atoms with van der Waals surface area (Å²) < 4.78 is 9.75. The molecule has 7 heteroatoms. The van der Waals surface area contributed by atoms with Gasteiger partial charge in [0.1, 0.15) is 5.82 Å². The van der Waals surface area contributed by atoms with Crippen LogP contribution >= 0.6 is 0 Å². The van der Waals surface area contributed by atoms with Crippen molar-refractivity contribution in [2.45, 2.75) is 13.3 Å². The molecule has 0 amide bonds. The average Bonchev–Trinajstić information content (AvgIpc) is 2.58. The summed E-state index contributed by atoms with van der Waals surface area (Å²) in [7, 11) is 3.03. The van der Waals surface area contributed by atoms with Crippen LogP contribution < -0.4 is 10.6 Å². The van der Waals surface area contributed by atoms with E-state index >= 15 is 0 Å². The van der Waals surface area contributed by atoms with E-state index < -0.39 is 0 Å². The number of ether oxygens (including phenoxy) is 2. The number of rotatable bonds is 8. The van der Waals surface area contributed by atoms with Gasteiger partial charge in [0.05, 0.1) is 12.7 Å². The van der Waals surface area contributed by atoms with Crippen LogP contribution in [0.25, 0.3) is 0 Å². The predicted molar refractivity (Wildman–Crippen MR) is 92.8 cm³/mol. The summed E-state index contributed by atoms with van der Waals surface area (Å²) in [5, 5.41) is 6.35. The number of methoxy groups -OCH3 is 2. The van der Waals surface area contributed by atoms with E-state index in [0.29, 0.717) is 23.9 Å². The lowest BCUT2D eigenvalue weighted by Gasteiger charge is -2.10. The first-order valence-corrected chi connectivity index (χ1v) is 7.66. The summed E-state index contributed by atoms with van der Waals surface area (Å²) in [6.45, 7) is 3.32. The van der Waals surface area contributed by atoms with E-state index in [9.17, 15) is 4.79 Å². The highest BCUT2D eigenvalue weighted by Gasteiger charge is 2.07. The predicted octanol–water partition coefficient (Wildman–Crippen LogP) is 2.76. The smallest absolute Gasteiger partial charge is 0.337 e. The number of esters is 1. The SMILES string of the molecule is COCCCNc1nc(C)cc(Nc2cccc(C(=O)OC)c2)n1. The van der Waals surface area contributed by atoms with Crippen molar-refractivity contribution in [2.75, 3.05) is 38.0 Å². The van der Waals surface area contributed by atoms with Crippen LogP contribution in [0.3, 0.4) is 0 Å². The minimum Gasteiger partial charge on any atom is -0.465 e. The fourth-order valence-electron chi connectivity index (χ4n) is 2.12. The summed E-state index contributed by atoms with van der Waals surface area (Å²) in [5.74, 6) is 0.828. The molecule has 0 atom stereocenters. The highest BCUT2D eigenvalue weighted by molar-refractivity contribution is 5.90. The van der Waals surface area contributed by atoms with Gasteiger partial charge in [0.25, 0.3) is 0 Å². The van der Waals surface area contributed by atoms with Crippen LogP contribution in [0.2, 0.25) is 0 Å². The molecule has 1 aromatic heterocycles. The Kier molecular flexibility index (Phi) is 6.51. The molecule has 1 aromatic carbocycles. The maximum Gasteiger partial charge on any atom is 0.337 e. The fraction of sp³-hybridized carbons (Fsp3) is 0.353. The number of aryl methyl sites for hydroxylation is 1. The molecule has 128 valence electrons. The number of nitrogens with one attached hydrogen (secondary N) is 2. The summed E-state index contributed by atoms with van der Waals surface area (Å²) in [5.41, 5.74) is 2.07. The van der Waals surface area contributed by atoms with Crippen molar-refractivity contribution in [3.63, 3.8) is 0 Å². The molecular formula is C17H22N4O3. The Morgan fingerprint density at radius 2 is 2.04 bits per heavy atom. The Balaban J connectivity index is 2.09. The molecule has 0 bridgehead atoms. The molecule has 0 unspecified atom stereocenters. The highest BCUT2D eigenvalue weighted by atomic mass is 16.5. The summed E-state index contributed by atoms with van der Waals surface area (Å²) in [6.07, 6.45) is 0.873. The Hall–Kier alpha value is -2.67. The third-order valence-electron chi connectivity index (χ3n) is 3.22. The third-order valence-corrected chi connectivity index (χ3v) is 3.22. The van der Waals surface area contributed by atoms with Crippen molar-refractivity contribution >= 4 is 23.4 Å². The summed E-state index contributed by atoms with van der Waals surface area (Å²) >= 11 is 0. The lowest BCUT2D eigenvalue weighted by Crippen LogP contribution is -2.09. The van der Waals surface area contributed by atoms with Gasteiger partial charge in [-0.1, -0.05) is 6.07 Å². The van der Waals surface area contributed by atoms with Crippen LogP contribution in [0.5, 0.6) is 0 Å². The Labute approximate surface area is 141 Å². The van der Waals surface area contributed by atoms with E-state index in [-0.39, 0.29) is 5.97 Å². The zero-order valence-corrected chi connectivity index (χ0v) is 14.1. The molecule has 0 saturated heterocycles. The maximum absolute atomic E-state index is 11.6. The average molecular weight is 330 g/mol. The third kappa shape index (κ3) is 5.20. The van der Waals surface area contributed by atoms with Gasteiger partial charge in [-0.15, -0.1) is 0 Å². The van der Waals surface area contributed by atoms with Crippen LogP contribution in [-0.4, -0.2) is 43.3 Å². The number of carbonyl (C=O) groups excluding carboxylic acids is 1. The number of hydrogen-bond acceptors (Lipinski definition) is 7. The zero-order chi connectivity index (χ0) is 17.4. The van der Waals surface area contributed by atoms with Crippen LogP contribution in [0.1, 0.15) is 22.5 Å². The standard InChI is InChI=1S/C17H22N4O3/c1-12-10-15(21-17(19-12)18-8-5-9-23-2)20-14-7-4-6-13(11-14)16(22)24-3/h4,6-7,10-11H,5,8-9H2,1-3H3,(H2,18,19,20,21). The van der Waals surface area contributed by atoms with E-state index in [1.54, 1.807) is 25.3 Å². The Morgan fingerprint density at radius 3 is 2.79 bits per heavy atom.